The molecule has 2 N–H and O–H groups in total. The Morgan fingerprint density at radius 2 is 1.31 bits per heavy atom. The van der Waals surface area contributed by atoms with Gasteiger partial charge in [0, 0.05) is 34.8 Å². The van der Waals surface area contributed by atoms with E-state index < -0.39 is 41.3 Å². The van der Waals surface area contributed by atoms with Crippen molar-refractivity contribution in [1.29, 1.82) is 0 Å². The van der Waals surface area contributed by atoms with Gasteiger partial charge in [-0.25, -0.2) is 23.8 Å². The van der Waals surface area contributed by atoms with Crippen LogP contribution in [-0.4, -0.2) is 67.2 Å². The maximum absolute atomic E-state index is 13.9. The zero-order chi connectivity index (χ0) is 42.2. The minimum atomic E-state index is -4.75. The first-order chi connectivity index (χ1) is 28.0. The van der Waals surface area contributed by atoms with Gasteiger partial charge >= 0.3 is 18.3 Å². The van der Waals surface area contributed by atoms with Crippen molar-refractivity contribution in [2.75, 3.05) is 21.0 Å². The van der Waals surface area contributed by atoms with Crippen LogP contribution in [0, 0.1) is 0 Å². The van der Waals surface area contributed by atoms with Crippen molar-refractivity contribution in [3.8, 4) is 45.5 Å². The zero-order valence-corrected chi connectivity index (χ0v) is 31.0. The number of alkyl halides is 6. The van der Waals surface area contributed by atoms with Gasteiger partial charge in [-0.2, -0.15) is 36.5 Å². The highest BCUT2D eigenvalue weighted by Crippen LogP contribution is 2.38. The number of carboxylic acids is 1. The molecule has 0 unspecified atom stereocenters. The number of ether oxygens (including phenoxy) is 4. The van der Waals surface area contributed by atoms with Gasteiger partial charge in [0.1, 0.15) is 0 Å². The van der Waals surface area contributed by atoms with Crippen molar-refractivity contribution in [3.63, 3.8) is 0 Å². The highest BCUT2D eigenvalue weighted by atomic mass is 35.5. The van der Waals surface area contributed by atoms with Gasteiger partial charge in [-0.1, -0.05) is 29.8 Å². The molecule has 5 heterocycles. The van der Waals surface area contributed by atoms with Crippen LogP contribution in [0.5, 0.6) is 23.0 Å². The molecule has 0 saturated heterocycles. The number of benzene rings is 3. The van der Waals surface area contributed by atoms with Crippen molar-refractivity contribution in [2.45, 2.75) is 18.9 Å². The fourth-order valence-corrected chi connectivity index (χ4v) is 6.03. The molecule has 59 heavy (non-hydrogen) atoms. The fourth-order valence-electron chi connectivity index (χ4n) is 5.82. The molecule has 0 bridgehead atoms. The zero-order valence-electron chi connectivity index (χ0n) is 30.2. The molecule has 0 spiro atoms. The molecular formula is C38H26ClF6N7O7. The molecule has 0 saturated carbocycles. The van der Waals surface area contributed by atoms with Gasteiger partial charge in [0.25, 0.3) is 5.91 Å². The Labute approximate surface area is 332 Å². The van der Waals surface area contributed by atoms with Crippen molar-refractivity contribution in [3.05, 3.63) is 118 Å². The second-order valence-corrected chi connectivity index (χ2v) is 12.8. The number of fused-ring (bicyclic) bond motifs is 3. The standard InChI is InChI=1S/C23H18ClF3N4O3.C15H8F3N3O4/c1-33-18-8-7-13(9-19(18)34-2)16-10-20(23(25,26)27)31-21(29-16)11-17(30-31)22(32)28-12-14-5-3-4-6-15(14)24;16-15(17,18)12-4-8(7-1-2-10-11(3-7)25-6-24-10)19-13-5-9(14(22)23)20-21(12)13/h3-11H,12H2,1-2H3,(H,28,32);1-5H,6H2,(H,22,23). The number of hydrogen-bond donors (Lipinski definition) is 2. The maximum Gasteiger partial charge on any atom is 0.433 e. The monoisotopic (exact) mass is 841 g/mol. The summed E-state index contributed by atoms with van der Waals surface area (Å²) in [5.41, 5.74) is -1.86. The van der Waals surface area contributed by atoms with E-state index in [2.05, 4.69) is 25.5 Å². The molecule has 0 fully saturated rings. The molecule has 21 heteroatoms. The maximum atomic E-state index is 13.9. The molecule has 1 aliphatic rings. The number of nitrogens with zero attached hydrogens (tertiary/aromatic N) is 6. The molecule has 0 radical (unpaired) electrons. The van der Waals surface area contributed by atoms with Gasteiger partial charge < -0.3 is 29.4 Å². The molecular weight excluding hydrogens is 816 g/mol. The lowest BCUT2D eigenvalue weighted by atomic mass is 10.1. The van der Waals surface area contributed by atoms with Crippen LogP contribution in [0.3, 0.4) is 0 Å². The predicted molar refractivity (Wildman–Crippen MR) is 196 cm³/mol. The van der Waals surface area contributed by atoms with Crippen LogP contribution in [0.1, 0.15) is 37.9 Å². The quantitative estimate of drug-likeness (QED) is 0.143. The lowest BCUT2D eigenvalue weighted by Gasteiger charge is -2.12. The number of methoxy groups -OCH3 is 2. The Morgan fingerprint density at radius 1 is 0.746 bits per heavy atom. The Balaban J connectivity index is 0.000000187. The van der Waals surface area contributed by atoms with E-state index in [0.29, 0.717) is 53.7 Å². The average Bonchev–Trinajstić information content (AvgIpc) is 3.97. The summed E-state index contributed by atoms with van der Waals surface area (Å²) < 4.78 is 104. The van der Waals surface area contributed by atoms with Crippen LogP contribution >= 0.6 is 11.6 Å². The van der Waals surface area contributed by atoms with Crippen molar-refractivity contribution >= 4 is 34.8 Å². The van der Waals surface area contributed by atoms with Crippen LogP contribution in [-0.2, 0) is 18.9 Å². The minimum absolute atomic E-state index is 0.00923. The summed E-state index contributed by atoms with van der Waals surface area (Å²) in [5, 5.41) is 19.3. The number of rotatable bonds is 8. The van der Waals surface area contributed by atoms with E-state index in [1.54, 1.807) is 48.5 Å². The van der Waals surface area contributed by atoms with Gasteiger partial charge in [0.15, 0.2) is 57.1 Å². The smallest absolute Gasteiger partial charge is 0.433 e. The molecule has 3 aromatic carbocycles. The normalized spacial score (nSPS) is 12.3. The van der Waals surface area contributed by atoms with Gasteiger partial charge in [-0.3, -0.25) is 4.79 Å². The van der Waals surface area contributed by atoms with Gasteiger partial charge in [-0.15, -0.1) is 0 Å². The highest BCUT2D eigenvalue weighted by molar-refractivity contribution is 6.31. The molecule has 0 atom stereocenters. The first-order valence-electron chi connectivity index (χ1n) is 16.9. The van der Waals surface area contributed by atoms with Gasteiger partial charge in [-0.05, 0) is 60.2 Å². The van der Waals surface area contributed by atoms with E-state index in [1.165, 1.54) is 32.4 Å². The molecule has 1 amide bonds. The largest absolute Gasteiger partial charge is 0.493 e. The molecule has 14 nitrogen and oxygen atoms in total. The van der Waals surface area contributed by atoms with Crippen LogP contribution < -0.4 is 24.3 Å². The van der Waals surface area contributed by atoms with Gasteiger partial charge in [0.05, 0.1) is 25.6 Å². The number of carboxylic acid groups (broad SMARTS) is 1. The lowest BCUT2D eigenvalue weighted by molar-refractivity contribution is -0.143. The Kier molecular flexibility index (Phi) is 10.7. The number of amides is 1. The van der Waals surface area contributed by atoms with E-state index >= 15 is 0 Å². The average molecular weight is 842 g/mol. The number of halogens is 7. The first kappa shape index (κ1) is 40.1. The molecule has 7 aromatic rings. The third kappa shape index (κ3) is 8.33. The summed E-state index contributed by atoms with van der Waals surface area (Å²) in [5.74, 6) is -0.464. The summed E-state index contributed by atoms with van der Waals surface area (Å²) in [7, 11) is 2.87. The highest BCUT2D eigenvalue weighted by Gasteiger charge is 2.37. The van der Waals surface area contributed by atoms with Crippen molar-refractivity contribution in [1.82, 2.24) is 34.5 Å². The third-order valence-electron chi connectivity index (χ3n) is 8.63. The topological polar surface area (TPSA) is 164 Å². The van der Waals surface area contributed by atoms with Crippen molar-refractivity contribution < 1.29 is 60.0 Å². The summed E-state index contributed by atoms with van der Waals surface area (Å²) in [4.78, 5) is 32.0. The van der Waals surface area contributed by atoms with Crippen LogP contribution in [0.4, 0.5) is 26.3 Å². The fraction of sp³-hybridized carbons (Fsp3) is 0.158. The molecule has 0 aliphatic carbocycles. The molecule has 304 valence electrons. The number of aromatic carboxylic acids is 1. The Bertz CT molecular complexity index is 2750. The predicted octanol–water partition coefficient (Wildman–Crippen LogP) is 7.86. The number of hydrogen-bond acceptors (Lipinski definition) is 10. The third-order valence-corrected chi connectivity index (χ3v) is 9.00. The Hall–Kier alpha value is -7.09. The summed E-state index contributed by atoms with van der Waals surface area (Å²) in [6.45, 7) is 0.118. The Morgan fingerprint density at radius 3 is 1.90 bits per heavy atom. The van der Waals surface area contributed by atoms with E-state index in [4.69, 9.17) is 35.7 Å². The number of nitrogens with one attached hydrogen (secondary N) is 1. The van der Waals surface area contributed by atoms with Crippen LogP contribution in [0.2, 0.25) is 5.02 Å². The molecule has 1 aliphatic heterocycles. The van der Waals surface area contributed by atoms with E-state index in [0.717, 1.165) is 18.2 Å². The molecule has 4 aromatic heterocycles. The van der Waals surface area contributed by atoms with E-state index in [1.807, 2.05) is 0 Å². The first-order valence-corrected chi connectivity index (χ1v) is 17.2. The summed E-state index contributed by atoms with van der Waals surface area (Å²) in [6.07, 6.45) is -9.49. The minimum Gasteiger partial charge on any atom is -0.493 e. The number of carbonyl (C=O) groups excluding carboxylic acids is 1. The van der Waals surface area contributed by atoms with Crippen LogP contribution in [0.25, 0.3) is 33.8 Å². The van der Waals surface area contributed by atoms with Crippen molar-refractivity contribution in [2.24, 2.45) is 0 Å². The van der Waals surface area contributed by atoms with Crippen LogP contribution in [0.15, 0.2) is 84.9 Å². The van der Waals surface area contributed by atoms with Gasteiger partial charge in [0.2, 0.25) is 6.79 Å². The lowest BCUT2D eigenvalue weighted by Crippen LogP contribution is -2.23. The second kappa shape index (κ2) is 15.7. The second-order valence-electron chi connectivity index (χ2n) is 12.4. The van der Waals surface area contributed by atoms with E-state index in [-0.39, 0.29) is 41.7 Å². The number of aromatic nitrogens is 6. The number of carbonyl (C=O) groups is 2. The summed E-state index contributed by atoms with van der Waals surface area (Å²) >= 11 is 6.08. The molecule has 8 rings (SSSR count). The summed E-state index contributed by atoms with van der Waals surface area (Å²) in [6, 6.07) is 20.0. The van der Waals surface area contributed by atoms with E-state index in [9.17, 15) is 35.9 Å². The SMILES string of the molecule is COc1ccc(-c2cc(C(F)(F)F)n3nc(C(=O)NCc4ccccc4Cl)cc3n2)cc1OC.O=C(O)c1cc2nc(-c3ccc4c(c3)OCO4)cc(C(F)(F)F)n2n1.